The van der Waals surface area contributed by atoms with E-state index in [1.165, 1.54) is 91.6 Å². The summed E-state index contributed by atoms with van der Waals surface area (Å²) in [4.78, 5) is 5.15. The van der Waals surface area contributed by atoms with Gasteiger partial charge in [0.1, 0.15) is 28.8 Å². The number of fused-ring (bicyclic) bond motifs is 8. The van der Waals surface area contributed by atoms with Crippen LogP contribution >= 0.6 is 23.5 Å². The molecular weight excluding hydrogens is 1010 g/mol. The molecule has 0 bridgehead atoms. The molecule has 0 N–H and O–H groups in total. The number of rotatable bonds is 6. The SMILES string of the molecule is Cc1cc(C)c(-c2c(C)nn(-c3ccc4c(c3)B3c5cc(-c6coc(-c7ccc8c(c7)B7c9cc(-n%10nc(C)c(-c%11c(C)cc(C)cc%11C)c%10C)ccc9Sc9cccc(c97)S8)c6)ccc5Oc5cccc(c53)O4)c2C)c(C)c1. The lowest BCUT2D eigenvalue weighted by Crippen LogP contribution is -2.58. The number of aromatic nitrogens is 4. The molecule has 0 atom stereocenters. The lowest BCUT2D eigenvalue weighted by Gasteiger charge is -2.33. The van der Waals surface area contributed by atoms with Crippen LogP contribution in [0.1, 0.15) is 56.2 Å². The van der Waals surface area contributed by atoms with Crippen LogP contribution in [-0.4, -0.2) is 33.0 Å². The van der Waals surface area contributed by atoms with Gasteiger partial charge in [-0.2, -0.15) is 10.2 Å². The van der Waals surface area contributed by atoms with Crippen LogP contribution in [0.25, 0.3) is 56.1 Å². The highest BCUT2D eigenvalue weighted by Crippen LogP contribution is 2.43. The summed E-state index contributed by atoms with van der Waals surface area (Å²) in [5, 5.41) is 10.4. The van der Waals surface area contributed by atoms with Crippen LogP contribution < -0.4 is 42.3 Å². The summed E-state index contributed by atoms with van der Waals surface area (Å²) in [7, 11) is 0. The quantitative estimate of drug-likeness (QED) is 0.154. The average Bonchev–Trinajstić information content (AvgIpc) is 4.16. The summed E-state index contributed by atoms with van der Waals surface area (Å²) in [5.74, 6) is 4.09. The van der Waals surface area contributed by atoms with Crippen LogP contribution in [-0.2, 0) is 0 Å². The van der Waals surface area contributed by atoms with Crippen molar-refractivity contribution in [3.05, 3.63) is 202 Å². The van der Waals surface area contributed by atoms with Gasteiger partial charge in [0.05, 0.1) is 29.0 Å². The molecule has 0 amide bonds. The van der Waals surface area contributed by atoms with Crippen LogP contribution in [0.3, 0.4) is 0 Å². The Kier molecular flexibility index (Phi) is 10.8. The highest BCUT2D eigenvalue weighted by molar-refractivity contribution is 8.01. The van der Waals surface area contributed by atoms with Gasteiger partial charge >= 0.3 is 0 Å². The maximum atomic E-state index is 6.72. The lowest BCUT2D eigenvalue weighted by atomic mass is 9.34. The molecule has 7 heterocycles. The second kappa shape index (κ2) is 17.7. The summed E-state index contributed by atoms with van der Waals surface area (Å²) in [5.41, 5.74) is 29.2. The number of hydrogen-bond donors (Lipinski definition) is 0. The highest BCUT2D eigenvalue weighted by Gasteiger charge is 2.42. The van der Waals surface area contributed by atoms with Crippen LogP contribution in [0.2, 0.25) is 0 Å². The van der Waals surface area contributed by atoms with Gasteiger partial charge < -0.3 is 13.9 Å². The molecule has 3 aromatic heterocycles. The van der Waals surface area contributed by atoms with E-state index in [1.54, 1.807) is 0 Å². The predicted molar refractivity (Wildman–Crippen MR) is 326 cm³/mol. The Morgan fingerprint density at radius 1 is 0.392 bits per heavy atom. The number of benzene rings is 8. The largest absolute Gasteiger partial charge is 0.464 e. The van der Waals surface area contributed by atoms with E-state index in [2.05, 4.69) is 200 Å². The van der Waals surface area contributed by atoms with E-state index < -0.39 is 0 Å². The van der Waals surface area contributed by atoms with Gasteiger partial charge in [-0.15, -0.1) is 0 Å². The molecule has 7 nitrogen and oxygen atoms in total. The van der Waals surface area contributed by atoms with Crippen LogP contribution in [0.4, 0.5) is 0 Å². The van der Waals surface area contributed by atoms with Crippen molar-refractivity contribution in [3.8, 4) is 79.1 Å². The van der Waals surface area contributed by atoms with Crippen molar-refractivity contribution in [3.63, 3.8) is 0 Å². The first kappa shape index (κ1) is 48.1. The fourth-order valence-corrected chi connectivity index (χ4v) is 16.1. The third kappa shape index (κ3) is 7.38. The van der Waals surface area contributed by atoms with Crippen molar-refractivity contribution in [1.29, 1.82) is 0 Å². The maximum absolute atomic E-state index is 6.72. The number of hydrogen-bond acceptors (Lipinski definition) is 7. The van der Waals surface area contributed by atoms with Crippen LogP contribution in [0, 0.1) is 69.2 Å². The van der Waals surface area contributed by atoms with E-state index in [1.807, 2.05) is 48.0 Å². The zero-order chi connectivity index (χ0) is 53.9. The fourth-order valence-electron chi connectivity index (χ4n) is 13.7. The summed E-state index contributed by atoms with van der Waals surface area (Å²) in [6, 6.07) is 51.0. The molecule has 0 aliphatic carbocycles. The molecule has 15 rings (SSSR count). The van der Waals surface area contributed by atoms with Gasteiger partial charge in [-0.05, 0) is 203 Å². The minimum absolute atomic E-state index is 0.0344. The minimum Gasteiger partial charge on any atom is -0.464 e. The van der Waals surface area contributed by atoms with Crippen molar-refractivity contribution in [2.75, 3.05) is 0 Å². The topological polar surface area (TPSA) is 67.2 Å². The molecule has 8 aromatic carbocycles. The van der Waals surface area contributed by atoms with Crippen molar-refractivity contribution in [1.82, 2.24) is 19.6 Å². The number of nitrogens with zero attached hydrogens (tertiary/aromatic N) is 4. The Hall–Kier alpha value is -8.11. The molecule has 382 valence electrons. The van der Waals surface area contributed by atoms with Gasteiger partial charge in [-0.25, -0.2) is 9.36 Å². The molecule has 0 saturated carbocycles. The summed E-state index contributed by atoms with van der Waals surface area (Å²) in [6.45, 7) is 21.7. The molecule has 11 aromatic rings. The van der Waals surface area contributed by atoms with E-state index in [0.717, 1.165) is 96.0 Å². The van der Waals surface area contributed by atoms with E-state index in [-0.39, 0.29) is 13.4 Å². The van der Waals surface area contributed by atoms with E-state index in [9.17, 15) is 0 Å². The van der Waals surface area contributed by atoms with Crippen molar-refractivity contribution >= 4 is 69.7 Å². The Labute approximate surface area is 470 Å². The lowest BCUT2D eigenvalue weighted by molar-refractivity contribution is 0.464. The molecule has 79 heavy (non-hydrogen) atoms. The summed E-state index contributed by atoms with van der Waals surface area (Å²) in [6.07, 6.45) is 1.90. The first-order chi connectivity index (χ1) is 38.2. The van der Waals surface area contributed by atoms with Crippen molar-refractivity contribution < 1.29 is 13.9 Å². The van der Waals surface area contributed by atoms with Gasteiger partial charge in [-0.3, -0.25) is 0 Å². The Morgan fingerprint density at radius 3 is 1.46 bits per heavy atom. The van der Waals surface area contributed by atoms with E-state index in [4.69, 9.17) is 24.1 Å². The van der Waals surface area contributed by atoms with E-state index >= 15 is 0 Å². The first-order valence-corrected chi connectivity index (χ1v) is 28.8. The molecular formula is C68H54B2N4O3S2. The van der Waals surface area contributed by atoms with Gasteiger partial charge in [-0.1, -0.05) is 106 Å². The van der Waals surface area contributed by atoms with Gasteiger partial charge in [0.25, 0.3) is 6.71 Å². The van der Waals surface area contributed by atoms with Gasteiger partial charge in [0.2, 0.25) is 6.71 Å². The normalized spacial score (nSPS) is 13.2. The average molecular weight is 1060 g/mol. The number of furan rings is 1. The molecule has 0 fully saturated rings. The van der Waals surface area contributed by atoms with Gasteiger partial charge in [0, 0.05) is 58.7 Å². The zero-order valence-corrected chi connectivity index (χ0v) is 47.5. The number of aryl methyl sites for hydroxylation is 8. The van der Waals surface area contributed by atoms with E-state index in [0.29, 0.717) is 0 Å². The van der Waals surface area contributed by atoms with Crippen LogP contribution in [0.5, 0.6) is 23.0 Å². The summed E-state index contributed by atoms with van der Waals surface area (Å²) < 4.78 is 24.3. The smallest absolute Gasteiger partial charge is 0.260 e. The molecule has 0 radical (unpaired) electrons. The fraction of sp³-hybridized carbons (Fsp3) is 0.147. The first-order valence-electron chi connectivity index (χ1n) is 27.2. The molecule has 0 unspecified atom stereocenters. The van der Waals surface area contributed by atoms with Crippen molar-refractivity contribution in [2.45, 2.75) is 88.8 Å². The Bertz CT molecular complexity index is 4130. The van der Waals surface area contributed by atoms with Crippen molar-refractivity contribution in [2.24, 2.45) is 0 Å². The minimum atomic E-state index is -0.143. The monoisotopic (exact) mass is 1060 g/mol. The summed E-state index contributed by atoms with van der Waals surface area (Å²) >= 11 is 3.74. The molecule has 0 spiro atoms. The molecule has 4 aliphatic rings. The third-order valence-corrected chi connectivity index (χ3v) is 19.2. The third-order valence-electron chi connectivity index (χ3n) is 16.9. The zero-order valence-electron chi connectivity index (χ0n) is 45.8. The maximum Gasteiger partial charge on any atom is 0.260 e. The molecule has 11 heteroatoms. The van der Waals surface area contributed by atoms with Gasteiger partial charge in [0.15, 0.2) is 0 Å². The molecule has 0 saturated heterocycles. The highest BCUT2D eigenvalue weighted by atomic mass is 32.2. The standard InChI is InChI=1S/C68H54B2N4O3S2/c1-35-25-37(3)63(38(4)26-35)65-41(7)71-73(43(65)9)48-19-22-55-51(32-48)69-50-29-45(17-21-54(50)76-56-13-11-14-57(77-55)67(56)69)47-31-58(75-34-47)46-18-23-59-52(30-46)70-53-33-49(20-24-60(53)79-62-16-12-15-61(78-59)68(62)70)74-44(10)66(42(8)72-74)64-39(5)27-36(2)28-40(64)6/h11-34H,1-10H3. The second-order valence-electron chi connectivity index (χ2n) is 22.2. The number of ether oxygens (including phenoxy) is 2. The Balaban J connectivity index is 0.792. The Morgan fingerprint density at radius 2 is 0.861 bits per heavy atom. The van der Waals surface area contributed by atoms with Crippen LogP contribution in [0.15, 0.2) is 170 Å². The second-order valence-corrected chi connectivity index (χ2v) is 24.4. The predicted octanol–water partition coefficient (Wildman–Crippen LogP) is 13.6. The molecule has 4 aliphatic heterocycles.